The van der Waals surface area contributed by atoms with Crippen molar-refractivity contribution in [3.05, 3.63) is 58.7 Å². The number of carbonyl (C=O) groups is 4. The molecule has 14 nitrogen and oxygen atoms in total. The maximum atomic E-state index is 12.1. The predicted octanol–water partition coefficient (Wildman–Crippen LogP) is 4.62. The van der Waals surface area contributed by atoms with Crippen LogP contribution in [0.15, 0.2) is 46.2 Å². The summed E-state index contributed by atoms with van der Waals surface area (Å²) in [4.78, 5) is 47.1. The van der Waals surface area contributed by atoms with E-state index >= 15 is 0 Å². The molecule has 0 N–H and O–H groups in total. The average molecular weight is 739 g/mol. The first-order valence-corrected chi connectivity index (χ1v) is 17.1. The first kappa shape index (κ1) is 45.9. The summed E-state index contributed by atoms with van der Waals surface area (Å²) >= 11 is 0. The van der Waals surface area contributed by atoms with Crippen LogP contribution in [0.4, 0.5) is 0 Å². The standard InChI is InChI=1S/2C16H22O7S.Mg/c2*1-15(2,3)22-13(17)10-7-11(14(18)23-16(4,5)6)9-12(8-10)24(19,20)21;/h2*7-9H,1-6H3,(H,19,20,21);/q;;+2/p-2. The van der Waals surface area contributed by atoms with Crippen LogP contribution in [0, 0.1) is 0 Å². The summed E-state index contributed by atoms with van der Waals surface area (Å²) in [7, 11) is -9.74. The Kier molecular flexibility index (Phi) is 15.3. The molecule has 0 amide bonds. The molecule has 0 aliphatic heterocycles. The van der Waals surface area contributed by atoms with Crippen LogP contribution in [0.2, 0.25) is 0 Å². The molecule has 0 fully saturated rings. The van der Waals surface area contributed by atoms with Gasteiger partial charge in [0.2, 0.25) is 0 Å². The minimum atomic E-state index is -4.87. The second-order valence-electron chi connectivity index (χ2n) is 14.4. The zero-order valence-corrected chi connectivity index (χ0v) is 32.8. The molecule has 0 aliphatic rings. The van der Waals surface area contributed by atoms with Crippen LogP contribution < -0.4 is 0 Å². The van der Waals surface area contributed by atoms with Gasteiger partial charge in [-0.1, -0.05) is 0 Å². The van der Waals surface area contributed by atoms with Crippen LogP contribution in [0.5, 0.6) is 0 Å². The van der Waals surface area contributed by atoms with Gasteiger partial charge in [0.05, 0.1) is 32.0 Å². The molecule has 0 atom stereocenters. The predicted molar refractivity (Wildman–Crippen MR) is 175 cm³/mol. The third-order valence-electron chi connectivity index (χ3n) is 4.93. The van der Waals surface area contributed by atoms with Gasteiger partial charge in [-0.3, -0.25) is 0 Å². The number of benzene rings is 2. The average Bonchev–Trinajstić information content (AvgIpc) is 2.83. The van der Waals surface area contributed by atoms with E-state index in [1.807, 2.05) is 0 Å². The van der Waals surface area contributed by atoms with Gasteiger partial charge in [-0.05, 0) is 119 Å². The largest absolute Gasteiger partial charge is 2.00 e. The molecule has 2 aromatic rings. The van der Waals surface area contributed by atoms with Gasteiger partial charge in [0.1, 0.15) is 42.6 Å². The number of hydrogen-bond acceptors (Lipinski definition) is 14. The van der Waals surface area contributed by atoms with E-state index in [9.17, 15) is 45.1 Å². The van der Waals surface area contributed by atoms with E-state index in [1.165, 1.54) is 0 Å². The Morgan fingerprint density at radius 1 is 0.429 bits per heavy atom. The molecule has 2 rings (SSSR count). The number of hydrogen-bond donors (Lipinski definition) is 0. The SMILES string of the molecule is CC(C)(C)OC(=O)c1cc(C(=O)OC(C)(C)C)cc(S(=O)(=O)[O-])c1.CC(C)(C)OC(=O)c1cc(C(=O)OC(C)(C)C)cc(S(=O)(=O)[O-])c1.[Mg+2]. The van der Waals surface area contributed by atoms with E-state index in [4.69, 9.17) is 18.9 Å². The Bertz CT molecular complexity index is 1550. The van der Waals surface area contributed by atoms with Gasteiger partial charge >= 0.3 is 46.9 Å². The summed E-state index contributed by atoms with van der Waals surface area (Å²) in [6, 6.07) is 5.79. The Morgan fingerprint density at radius 3 is 0.714 bits per heavy atom. The van der Waals surface area contributed by atoms with Crippen molar-refractivity contribution in [2.24, 2.45) is 0 Å². The zero-order valence-electron chi connectivity index (χ0n) is 29.7. The van der Waals surface area contributed by atoms with Gasteiger partial charge in [0, 0.05) is 0 Å². The molecule has 0 spiro atoms. The van der Waals surface area contributed by atoms with Gasteiger partial charge in [-0.15, -0.1) is 0 Å². The molecular weight excluding hydrogens is 697 g/mol. The van der Waals surface area contributed by atoms with Crippen molar-refractivity contribution in [2.45, 2.75) is 115 Å². The normalized spacial score (nSPS) is 12.4. The van der Waals surface area contributed by atoms with Gasteiger partial charge < -0.3 is 28.1 Å². The zero-order chi connectivity index (χ0) is 37.8. The molecule has 0 aliphatic carbocycles. The second kappa shape index (κ2) is 16.3. The summed E-state index contributed by atoms with van der Waals surface area (Å²) in [5.41, 5.74) is -4.17. The van der Waals surface area contributed by atoms with Crippen molar-refractivity contribution in [3.63, 3.8) is 0 Å². The molecule has 268 valence electrons. The number of esters is 4. The van der Waals surface area contributed by atoms with E-state index in [0.717, 1.165) is 36.4 Å². The first-order valence-electron chi connectivity index (χ1n) is 14.3. The minimum absolute atomic E-state index is 0. The Balaban J connectivity index is 0.000000922. The van der Waals surface area contributed by atoms with Gasteiger partial charge in [0.25, 0.3) is 0 Å². The van der Waals surface area contributed by atoms with Gasteiger partial charge in [-0.2, -0.15) is 0 Å². The fourth-order valence-electron chi connectivity index (χ4n) is 3.31. The van der Waals surface area contributed by atoms with Crippen LogP contribution in [-0.4, -0.2) is 95.3 Å². The van der Waals surface area contributed by atoms with E-state index in [1.54, 1.807) is 83.1 Å². The van der Waals surface area contributed by atoms with Crippen LogP contribution in [0.3, 0.4) is 0 Å². The van der Waals surface area contributed by atoms with Crippen LogP contribution >= 0.6 is 0 Å². The van der Waals surface area contributed by atoms with Crippen molar-refractivity contribution in [1.82, 2.24) is 0 Å². The monoisotopic (exact) mass is 738 g/mol. The fraction of sp³-hybridized carbons (Fsp3) is 0.500. The second-order valence-corrected chi connectivity index (χ2v) is 17.2. The van der Waals surface area contributed by atoms with Crippen molar-refractivity contribution < 1.29 is 64.1 Å². The van der Waals surface area contributed by atoms with Gasteiger partial charge in [-0.25, -0.2) is 36.0 Å². The first-order chi connectivity index (χ1) is 21.2. The Labute approximate surface area is 303 Å². The molecule has 49 heavy (non-hydrogen) atoms. The number of rotatable bonds is 6. The third-order valence-corrected chi connectivity index (χ3v) is 6.55. The molecule has 0 aromatic heterocycles. The van der Waals surface area contributed by atoms with Crippen molar-refractivity contribution in [2.75, 3.05) is 0 Å². The molecule has 0 heterocycles. The molecule has 0 saturated heterocycles. The van der Waals surface area contributed by atoms with Crippen molar-refractivity contribution >= 4 is 67.2 Å². The van der Waals surface area contributed by atoms with Crippen LogP contribution in [0.1, 0.15) is 125 Å². The molecule has 0 radical (unpaired) electrons. The molecule has 0 saturated carbocycles. The Morgan fingerprint density at radius 2 is 0.592 bits per heavy atom. The maximum absolute atomic E-state index is 12.1. The van der Waals surface area contributed by atoms with Crippen molar-refractivity contribution in [3.8, 4) is 0 Å². The summed E-state index contributed by atoms with van der Waals surface area (Å²) in [6.07, 6.45) is 0. The topological polar surface area (TPSA) is 220 Å². The van der Waals surface area contributed by atoms with Crippen molar-refractivity contribution in [1.29, 1.82) is 0 Å². The molecule has 17 heteroatoms. The molecular formula is C32H42MgO14S2. The summed E-state index contributed by atoms with van der Waals surface area (Å²) in [6.45, 7) is 19.6. The fourth-order valence-corrected chi connectivity index (χ4v) is 4.39. The number of carbonyl (C=O) groups excluding carboxylic acids is 4. The third kappa shape index (κ3) is 17.4. The minimum Gasteiger partial charge on any atom is -0.744 e. The Hall–Kier alpha value is -3.09. The van der Waals surface area contributed by atoms with Crippen LogP contribution in [0.25, 0.3) is 0 Å². The quantitative estimate of drug-likeness (QED) is 0.171. The summed E-state index contributed by atoms with van der Waals surface area (Å²) in [5, 5.41) is 0. The molecule has 0 unspecified atom stereocenters. The van der Waals surface area contributed by atoms with E-state index in [2.05, 4.69) is 0 Å². The number of ether oxygens (including phenoxy) is 4. The van der Waals surface area contributed by atoms with Crippen LogP contribution in [-0.2, 0) is 39.2 Å². The smallest absolute Gasteiger partial charge is 0.744 e. The maximum Gasteiger partial charge on any atom is 2.00 e. The van der Waals surface area contributed by atoms with E-state index in [-0.39, 0.29) is 45.3 Å². The van der Waals surface area contributed by atoms with E-state index < -0.39 is 76.3 Å². The van der Waals surface area contributed by atoms with E-state index in [0.29, 0.717) is 0 Å². The summed E-state index contributed by atoms with van der Waals surface area (Å²) < 4.78 is 88.3. The van der Waals surface area contributed by atoms with Gasteiger partial charge in [0.15, 0.2) is 0 Å². The molecule has 0 bridgehead atoms. The summed E-state index contributed by atoms with van der Waals surface area (Å²) in [5.74, 6) is -3.40. The molecule has 2 aromatic carbocycles.